The van der Waals surface area contributed by atoms with Gasteiger partial charge in [0.05, 0.1) is 32.0 Å². The van der Waals surface area contributed by atoms with Gasteiger partial charge in [-0.05, 0) is 0 Å². The number of hydrogen-bond donors (Lipinski definition) is 5. The summed E-state index contributed by atoms with van der Waals surface area (Å²) < 4.78 is 44.4. The molecule has 234 valence electrons. The average molecular weight is 635 g/mol. The first kappa shape index (κ1) is 29.0. The normalized spacial score (nSPS) is 35.2. The number of phosphoric acid groups is 1. The number of ketones is 1. The third-order valence-corrected chi connectivity index (χ3v) is 8.79. The molecule has 3 fully saturated rings. The second-order valence-electron chi connectivity index (χ2n) is 10.5. The van der Waals surface area contributed by atoms with Crippen LogP contribution in [-0.4, -0.2) is 110 Å². The molecule has 7 rings (SSSR count). The molecule has 9 unspecified atom stereocenters. The van der Waals surface area contributed by atoms with Crippen LogP contribution in [0.2, 0.25) is 0 Å². The highest BCUT2D eigenvalue weighted by atomic mass is 31.2. The Morgan fingerprint density at radius 3 is 2.09 bits per heavy atom. The fourth-order valence-electron chi connectivity index (χ4n) is 5.70. The minimum Gasteiger partial charge on any atom is -0.390 e. The topological polar surface area (TPSA) is 280 Å². The van der Waals surface area contributed by atoms with Gasteiger partial charge in [-0.25, -0.2) is 34.5 Å². The van der Waals surface area contributed by atoms with E-state index in [0.29, 0.717) is 5.65 Å². The number of Topliss-reactive ketones (excluding diaryl/α,β-unsaturated/α-hetero) is 1. The van der Waals surface area contributed by atoms with Crippen molar-refractivity contribution in [1.82, 2.24) is 39.0 Å². The van der Waals surface area contributed by atoms with Gasteiger partial charge in [0.25, 0.3) is 0 Å². The van der Waals surface area contributed by atoms with Gasteiger partial charge in [0.1, 0.15) is 60.9 Å². The van der Waals surface area contributed by atoms with Crippen molar-refractivity contribution in [2.24, 2.45) is 5.92 Å². The number of fused-ring (bicyclic) bond motifs is 6. The Kier molecular flexibility index (Phi) is 7.27. The fourth-order valence-corrected chi connectivity index (χ4v) is 6.64. The van der Waals surface area contributed by atoms with Crippen LogP contribution in [0.1, 0.15) is 18.9 Å². The Bertz CT molecular complexity index is 1770. The van der Waals surface area contributed by atoms with E-state index in [9.17, 15) is 24.5 Å². The van der Waals surface area contributed by atoms with E-state index in [-0.39, 0.29) is 41.3 Å². The van der Waals surface area contributed by atoms with Gasteiger partial charge in [-0.1, -0.05) is 0 Å². The van der Waals surface area contributed by atoms with Crippen molar-refractivity contribution < 1.29 is 47.7 Å². The number of aliphatic hydroxyl groups excluding tert-OH is 2. The first-order chi connectivity index (χ1) is 21.1. The number of nitrogens with zero attached hydrogens (tertiary/aromatic N) is 8. The molecule has 0 saturated carbocycles. The fraction of sp³-hybridized carbons (Fsp3) is 0.522. The average Bonchev–Trinajstić information content (AvgIpc) is 3.74. The zero-order chi connectivity index (χ0) is 30.7. The number of nitrogens with two attached hydrogens (primary N) is 2. The minimum atomic E-state index is -4.95. The highest BCUT2D eigenvalue weighted by Gasteiger charge is 2.51. The van der Waals surface area contributed by atoms with E-state index in [1.54, 1.807) is 0 Å². The molecular weight excluding hydrogens is 607 g/mol. The van der Waals surface area contributed by atoms with Gasteiger partial charge in [0, 0.05) is 12.3 Å². The number of phosphoric ester groups is 1. The molecule has 3 aliphatic rings. The molecule has 20 nitrogen and oxygen atoms in total. The van der Waals surface area contributed by atoms with Gasteiger partial charge < -0.3 is 40.8 Å². The van der Waals surface area contributed by atoms with Crippen molar-refractivity contribution in [3.63, 3.8) is 0 Å². The number of rotatable bonds is 2. The monoisotopic (exact) mass is 634 g/mol. The van der Waals surface area contributed by atoms with E-state index in [4.69, 9.17) is 34.7 Å². The molecule has 0 aromatic carbocycles. The molecule has 21 heteroatoms. The molecule has 4 bridgehead atoms. The molecule has 0 radical (unpaired) electrons. The van der Waals surface area contributed by atoms with Crippen LogP contribution in [0.3, 0.4) is 0 Å². The number of aromatic nitrogens is 8. The Balaban J connectivity index is 1.19. The Morgan fingerprint density at radius 1 is 0.841 bits per heavy atom. The summed E-state index contributed by atoms with van der Waals surface area (Å²) in [6.07, 6.45) is -3.92. The molecule has 0 spiro atoms. The molecule has 3 aliphatic heterocycles. The van der Waals surface area contributed by atoms with Crippen molar-refractivity contribution in [3.8, 4) is 0 Å². The minimum absolute atomic E-state index is 0.0834. The Hall–Kier alpha value is -3.72. The van der Waals surface area contributed by atoms with Crippen molar-refractivity contribution in [2.75, 3.05) is 31.3 Å². The SMILES string of the molecule is Nc1ncnc2c1ncn2C1OC2COP(=O)(O)OC3C(O)C(COCC(=O)CC1C2O)OC3n1cnc2c(N)ncnc21. The first-order valence-electron chi connectivity index (χ1n) is 13.4. The summed E-state index contributed by atoms with van der Waals surface area (Å²) in [6.45, 7) is -1.30. The summed E-state index contributed by atoms with van der Waals surface area (Å²) in [5, 5.41) is 22.3. The lowest BCUT2D eigenvalue weighted by molar-refractivity contribution is -0.129. The van der Waals surface area contributed by atoms with Crippen LogP contribution in [0.25, 0.3) is 22.3 Å². The van der Waals surface area contributed by atoms with Crippen molar-refractivity contribution in [1.29, 1.82) is 0 Å². The smallest absolute Gasteiger partial charge is 0.390 e. The molecule has 0 aliphatic carbocycles. The predicted molar refractivity (Wildman–Crippen MR) is 144 cm³/mol. The summed E-state index contributed by atoms with van der Waals surface area (Å²) in [5.41, 5.74) is 12.8. The number of nitrogen functional groups attached to an aromatic ring is 2. The summed E-state index contributed by atoms with van der Waals surface area (Å²) in [4.78, 5) is 48.4. The second-order valence-corrected chi connectivity index (χ2v) is 11.9. The third kappa shape index (κ3) is 4.99. The van der Waals surface area contributed by atoms with E-state index < -0.39 is 75.7 Å². The van der Waals surface area contributed by atoms with Gasteiger partial charge >= 0.3 is 7.82 Å². The van der Waals surface area contributed by atoms with Crippen LogP contribution in [-0.2, 0) is 32.6 Å². The zero-order valence-electron chi connectivity index (χ0n) is 22.6. The molecule has 9 atom stereocenters. The number of anilines is 2. The molecule has 44 heavy (non-hydrogen) atoms. The number of imidazole rings is 2. The van der Waals surface area contributed by atoms with Crippen LogP contribution in [0.15, 0.2) is 25.3 Å². The second kappa shape index (κ2) is 11.0. The maximum absolute atomic E-state index is 13.2. The molecular formula is C23H27N10O10P. The van der Waals surface area contributed by atoms with Crippen LogP contribution in [0, 0.1) is 5.92 Å². The lowest BCUT2D eigenvalue weighted by Crippen LogP contribution is -2.36. The highest BCUT2D eigenvalue weighted by molar-refractivity contribution is 7.47. The van der Waals surface area contributed by atoms with Gasteiger partial charge in [0.15, 0.2) is 34.9 Å². The van der Waals surface area contributed by atoms with Gasteiger partial charge in [-0.2, -0.15) is 0 Å². The number of carbonyl (C=O) groups excluding carboxylic acids is 1. The van der Waals surface area contributed by atoms with Crippen molar-refractivity contribution in [3.05, 3.63) is 25.3 Å². The van der Waals surface area contributed by atoms with Crippen molar-refractivity contribution in [2.45, 2.75) is 49.4 Å². The van der Waals surface area contributed by atoms with Gasteiger partial charge in [-0.15, -0.1) is 0 Å². The zero-order valence-corrected chi connectivity index (χ0v) is 23.5. The standard InChI is InChI=1S/C23H27N10O10P/c24-18-13-20(28-5-26-18)32(7-30-13)22-10-1-9(34)2-39-3-11-16(36)17(43-44(37,38)40-4-12(41-22)15(10)35)23(42-11)33-8-31-14-19(25)27-6-29-21(14)33/h5-8,10-12,15-17,22-23,35-36H,1-4H2,(H,37,38)(H2,24,26,28)(H2,25,27,29). The third-order valence-electron chi connectivity index (χ3n) is 7.80. The van der Waals surface area contributed by atoms with E-state index in [1.165, 1.54) is 34.4 Å². The van der Waals surface area contributed by atoms with Crippen LogP contribution in [0.4, 0.5) is 11.6 Å². The lowest BCUT2D eigenvalue weighted by Gasteiger charge is -2.25. The molecule has 4 aromatic rings. The summed E-state index contributed by atoms with van der Waals surface area (Å²) in [7, 11) is -4.95. The van der Waals surface area contributed by atoms with Gasteiger partial charge in [-0.3, -0.25) is 23.0 Å². The summed E-state index contributed by atoms with van der Waals surface area (Å²) in [6, 6.07) is 0. The Labute approximate surface area is 246 Å². The van der Waals surface area contributed by atoms with Gasteiger partial charge in [0.2, 0.25) is 0 Å². The van der Waals surface area contributed by atoms with Crippen LogP contribution in [0.5, 0.6) is 0 Å². The van der Waals surface area contributed by atoms with E-state index in [1.807, 2.05) is 0 Å². The lowest BCUT2D eigenvalue weighted by atomic mass is 9.94. The molecule has 0 amide bonds. The summed E-state index contributed by atoms with van der Waals surface area (Å²) in [5.74, 6) is -1.04. The highest BCUT2D eigenvalue weighted by Crippen LogP contribution is 2.50. The maximum atomic E-state index is 13.2. The van der Waals surface area contributed by atoms with Crippen LogP contribution >= 0.6 is 7.82 Å². The van der Waals surface area contributed by atoms with E-state index in [2.05, 4.69) is 29.9 Å². The summed E-state index contributed by atoms with van der Waals surface area (Å²) >= 11 is 0. The van der Waals surface area contributed by atoms with E-state index >= 15 is 0 Å². The van der Waals surface area contributed by atoms with E-state index in [0.717, 1.165) is 0 Å². The quantitative estimate of drug-likeness (QED) is 0.156. The first-order valence-corrected chi connectivity index (χ1v) is 14.9. The molecule has 4 aromatic heterocycles. The molecule has 7 N–H and O–H groups in total. The van der Waals surface area contributed by atoms with Crippen LogP contribution < -0.4 is 11.5 Å². The number of hydrogen-bond acceptors (Lipinski definition) is 17. The van der Waals surface area contributed by atoms with Crippen molar-refractivity contribution >= 4 is 47.6 Å². The number of aliphatic hydroxyl groups is 2. The Morgan fingerprint density at radius 2 is 1.43 bits per heavy atom. The molecule has 7 heterocycles. The largest absolute Gasteiger partial charge is 0.472 e. The maximum Gasteiger partial charge on any atom is 0.472 e. The molecule has 3 saturated heterocycles. The predicted octanol–water partition coefficient (Wildman–Crippen LogP) is -1.54. The number of carbonyl (C=O) groups is 1. The number of ether oxygens (including phenoxy) is 3.